The molecule has 0 amide bonds. The Hall–Kier alpha value is -1.92. The highest BCUT2D eigenvalue weighted by Crippen LogP contribution is 2.07. The highest BCUT2D eigenvalue weighted by atomic mass is 16.6. The van der Waals surface area contributed by atoms with Gasteiger partial charge in [-0.05, 0) is 24.3 Å². The molecule has 0 atom stereocenters. The molecular formula is C13H16O6. The first-order chi connectivity index (χ1) is 9.19. The Labute approximate surface area is 110 Å². The summed E-state index contributed by atoms with van der Waals surface area (Å²) in [5.41, 5.74) is 0.650. The summed E-state index contributed by atoms with van der Waals surface area (Å²) in [6, 6.07) is 5.88. The Balaban J connectivity index is 2.55. The van der Waals surface area contributed by atoms with Crippen molar-refractivity contribution in [2.24, 2.45) is 0 Å². The number of carbonyl (C=O) groups excluding carboxylic acids is 2. The van der Waals surface area contributed by atoms with E-state index in [-0.39, 0.29) is 19.8 Å². The first-order valence-corrected chi connectivity index (χ1v) is 5.73. The SMILES string of the molecule is COCCOC(=O)c1ccc(C(=O)OCCO)cc1. The van der Waals surface area contributed by atoms with Crippen LogP contribution in [0.1, 0.15) is 20.7 Å². The lowest BCUT2D eigenvalue weighted by Gasteiger charge is -2.05. The van der Waals surface area contributed by atoms with Crippen molar-refractivity contribution in [2.75, 3.05) is 33.5 Å². The summed E-state index contributed by atoms with van der Waals surface area (Å²) in [6.45, 7) is 0.224. The number of aliphatic hydroxyl groups excluding tert-OH is 1. The van der Waals surface area contributed by atoms with Crippen LogP contribution in [-0.4, -0.2) is 50.6 Å². The second-order valence-electron chi connectivity index (χ2n) is 3.57. The van der Waals surface area contributed by atoms with Gasteiger partial charge in [-0.15, -0.1) is 0 Å². The Bertz CT molecular complexity index is 412. The molecule has 0 aliphatic carbocycles. The third-order valence-electron chi connectivity index (χ3n) is 2.20. The minimum absolute atomic E-state index is 0.0559. The van der Waals surface area contributed by atoms with Crippen molar-refractivity contribution in [1.82, 2.24) is 0 Å². The fourth-order valence-electron chi connectivity index (χ4n) is 1.27. The van der Waals surface area contributed by atoms with Gasteiger partial charge in [0.15, 0.2) is 0 Å². The topological polar surface area (TPSA) is 82.1 Å². The molecule has 104 valence electrons. The summed E-state index contributed by atoms with van der Waals surface area (Å²) in [5.74, 6) is -1.03. The monoisotopic (exact) mass is 268 g/mol. The zero-order chi connectivity index (χ0) is 14.1. The van der Waals surface area contributed by atoms with Gasteiger partial charge >= 0.3 is 11.9 Å². The number of benzene rings is 1. The predicted molar refractivity (Wildman–Crippen MR) is 66.0 cm³/mol. The summed E-state index contributed by atoms with van der Waals surface area (Å²) in [7, 11) is 1.51. The van der Waals surface area contributed by atoms with Crippen LogP contribution in [0, 0.1) is 0 Å². The van der Waals surface area contributed by atoms with Crippen LogP contribution in [-0.2, 0) is 14.2 Å². The van der Waals surface area contributed by atoms with Crippen LogP contribution in [0.2, 0.25) is 0 Å². The summed E-state index contributed by atoms with van der Waals surface area (Å²) in [4.78, 5) is 23.0. The minimum Gasteiger partial charge on any atom is -0.460 e. The van der Waals surface area contributed by atoms with Crippen LogP contribution in [0.15, 0.2) is 24.3 Å². The molecule has 0 saturated heterocycles. The van der Waals surface area contributed by atoms with Gasteiger partial charge in [0, 0.05) is 7.11 Å². The number of hydrogen-bond donors (Lipinski definition) is 1. The zero-order valence-electron chi connectivity index (χ0n) is 10.6. The molecule has 19 heavy (non-hydrogen) atoms. The van der Waals surface area contributed by atoms with E-state index in [2.05, 4.69) is 0 Å². The second-order valence-corrected chi connectivity index (χ2v) is 3.57. The van der Waals surface area contributed by atoms with E-state index >= 15 is 0 Å². The fourth-order valence-corrected chi connectivity index (χ4v) is 1.27. The number of hydrogen-bond acceptors (Lipinski definition) is 6. The lowest BCUT2D eigenvalue weighted by molar-refractivity contribution is 0.0385. The van der Waals surface area contributed by atoms with Gasteiger partial charge in [0.25, 0.3) is 0 Å². The molecule has 6 nitrogen and oxygen atoms in total. The minimum atomic E-state index is -0.548. The molecule has 0 radical (unpaired) electrons. The first-order valence-electron chi connectivity index (χ1n) is 5.73. The van der Waals surface area contributed by atoms with E-state index in [0.29, 0.717) is 17.7 Å². The lowest BCUT2D eigenvalue weighted by atomic mass is 10.1. The van der Waals surface area contributed by atoms with Gasteiger partial charge in [0.1, 0.15) is 13.2 Å². The number of esters is 2. The van der Waals surface area contributed by atoms with Gasteiger partial charge in [-0.2, -0.15) is 0 Å². The smallest absolute Gasteiger partial charge is 0.338 e. The lowest BCUT2D eigenvalue weighted by Crippen LogP contribution is -2.11. The maximum atomic E-state index is 11.5. The van der Waals surface area contributed by atoms with Crippen LogP contribution >= 0.6 is 0 Å². The van der Waals surface area contributed by atoms with Crippen LogP contribution < -0.4 is 0 Å². The number of aliphatic hydroxyl groups is 1. The summed E-state index contributed by atoms with van der Waals surface area (Å²) in [6.07, 6.45) is 0. The number of methoxy groups -OCH3 is 1. The Morgan fingerprint density at radius 3 is 1.84 bits per heavy atom. The van der Waals surface area contributed by atoms with E-state index in [0.717, 1.165) is 0 Å². The summed E-state index contributed by atoms with van der Waals surface area (Å²) >= 11 is 0. The van der Waals surface area contributed by atoms with Gasteiger partial charge in [-0.25, -0.2) is 9.59 Å². The zero-order valence-corrected chi connectivity index (χ0v) is 10.6. The quantitative estimate of drug-likeness (QED) is 0.577. The molecule has 1 aromatic carbocycles. The highest BCUT2D eigenvalue weighted by molar-refractivity contribution is 5.93. The van der Waals surface area contributed by atoms with Crippen molar-refractivity contribution in [1.29, 1.82) is 0 Å². The Kier molecular flexibility index (Phi) is 6.56. The highest BCUT2D eigenvalue weighted by Gasteiger charge is 2.10. The van der Waals surface area contributed by atoms with Crippen molar-refractivity contribution in [3.05, 3.63) is 35.4 Å². The first kappa shape index (κ1) is 15.1. The molecule has 0 bridgehead atoms. The van der Waals surface area contributed by atoms with Crippen LogP contribution in [0.5, 0.6) is 0 Å². The van der Waals surface area contributed by atoms with E-state index in [1.807, 2.05) is 0 Å². The van der Waals surface area contributed by atoms with Crippen molar-refractivity contribution < 1.29 is 28.9 Å². The fraction of sp³-hybridized carbons (Fsp3) is 0.385. The normalized spacial score (nSPS) is 10.0. The molecule has 1 N–H and O–H groups in total. The largest absolute Gasteiger partial charge is 0.460 e. The van der Waals surface area contributed by atoms with Crippen LogP contribution in [0.4, 0.5) is 0 Å². The van der Waals surface area contributed by atoms with Crippen molar-refractivity contribution in [3.63, 3.8) is 0 Å². The predicted octanol–water partition coefficient (Wildman–Crippen LogP) is 0.639. The molecule has 0 aliphatic rings. The maximum Gasteiger partial charge on any atom is 0.338 e. The molecule has 0 unspecified atom stereocenters. The molecule has 0 aromatic heterocycles. The van der Waals surface area contributed by atoms with Gasteiger partial charge in [0.05, 0.1) is 24.3 Å². The van der Waals surface area contributed by atoms with Crippen molar-refractivity contribution in [2.45, 2.75) is 0 Å². The number of rotatable bonds is 7. The Morgan fingerprint density at radius 1 is 0.947 bits per heavy atom. The van der Waals surface area contributed by atoms with E-state index in [1.165, 1.54) is 31.4 Å². The third kappa shape index (κ3) is 5.07. The van der Waals surface area contributed by atoms with E-state index < -0.39 is 11.9 Å². The number of ether oxygens (including phenoxy) is 3. The summed E-state index contributed by atoms with van der Waals surface area (Å²) in [5, 5.41) is 8.53. The van der Waals surface area contributed by atoms with Crippen molar-refractivity contribution >= 4 is 11.9 Å². The van der Waals surface area contributed by atoms with E-state index in [9.17, 15) is 9.59 Å². The molecule has 1 rings (SSSR count). The molecule has 1 aromatic rings. The maximum absolute atomic E-state index is 11.5. The molecule has 0 aliphatic heterocycles. The Morgan fingerprint density at radius 2 is 1.42 bits per heavy atom. The van der Waals surface area contributed by atoms with Crippen LogP contribution in [0.25, 0.3) is 0 Å². The molecular weight excluding hydrogens is 252 g/mol. The van der Waals surface area contributed by atoms with E-state index in [4.69, 9.17) is 19.3 Å². The summed E-state index contributed by atoms with van der Waals surface area (Å²) < 4.78 is 14.4. The van der Waals surface area contributed by atoms with Crippen LogP contribution in [0.3, 0.4) is 0 Å². The van der Waals surface area contributed by atoms with Gasteiger partial charge in [-0.3, -0.25) is 0 Å². The third-order valence-corrected chi connectivity index (χ3v) is 2.20. The average Bonchev–Trinajstić information content (AvgIpc) is 2.45. The van der Waals surface area contributed by atoms with Gasteiger partial charge in [-0.1, -0.05) is 0 Å². The van der Waals surface area contributed by atoms with E-state index in [1.54, 1.807) is 0 Å². The van der Waals surface area contributed by atoms with Gasteiger partial charge in [0.2, 0.25) is 0 Å². The van der Waals surface area contributed by atoms with Crippen molar-refractivity contribution in [3.8, 4) is 0 Å². The van der Waals surface area contributed by atoms with Gasteiger partial charge < -0.3 is 19.3 Å². The molecule has 0 saturated carbocycles. The standard InChI is InChI=1S/C13H16O6/c1-17-8-9-19-13(16)11-4-2-10(3-5-11)12(15)18-7-6-14/h2-5,14H,6-9H2,1H3. The average molecular weight is 268 g/mol. The molecule has 0 fully saturated rings. The molecule has 6 heteroatoms. The number of carbonyl (C=O) groups is 2. The second kappa shape index (κ2) is 8.23. The molecule has 0 heterocycles. The molecule has 0 spiro atoms.